The fourth-order valence-corrected chi connectivity index (χ4v) is 3.32. The summed E-state index contributed by atoms with van der Waals surface area (Å²) in [5.41, 5.74) is 2.62. The molecule has 1 N–H and O–H groups in total. The van der Waals surface area contributed by atoms with Crippen LogP contribution >= 0.6 is 15.9 Å². The van der Waals surface area contributed by atoms with Gasteiger partial charge in [-0.3, -0.25) is 19.7 Å². The zero-order valence-corrected chi connectivity index (χ0v) is 12.5. The minimum Gasteiger partial charge on any atom is -0.322 e. The molecular weight excluding hydrogens is 324 g/mol. The number of carbonyl (C=O) groups excluding carboxylic acids is 3. The fraction of sp³-hybridized carbons (Fsp3) is 0.357. The maximum Gasteiger partial charge on any atom is 0.256 e. The topological polar surface area (TPSA) is 66.5 Å². The maximum atomic E-state index is 12.5. The van der Waals surface area contributed by atoms with Gasteiger partial charge < -0.3 is 4.90 Å². The second-order valence-corrected chi connectivity index (χ2v) is 5.97. The van der Waals surface area contributed by atoms with Gasteiger partial charge in [-0.2, -0.15) is 0 Å². The van der Waals surface area contributed by atoms with Gasteiger partial charge in [0, 0.05) is 17.4 Å². The number of piperidine rings is 1. The molecule has 0 radical (unpaired) electrons. The van der Waals surface area contributed by atoms with Crippen molar-refractivity contribution in [1.29, 1.82) is 0 Å². The molecule has 1 atom stereocenters. The minimum absolute atomic E-state index is 0.148. The lowest BCUT2D eigenvalue weighted by Crippen LogP contribution is -2.52. The summed E-state index contributed by atoms with van der Waals surface area (Å²) in [4.78, 5) is 37.2. The summed E-state index contributed by atoms with van der Waals surface area (Å²) in [7, 11) is 0. The van der Waals surface area contributed by atoms with Crippen molar-refractivity contribution < 1.29 is 14.4 Å². The summed E-state index contributed by atoms with van der Waals surface area (Å²) < 4.78 is 0.748. The average molecular weight is 337 g/mol. The molecule has 0 saturated carbocycles. The number of amides is 3. The number of hydrogen-bond acceptors (Lipinski definition) is 3. The number of rotatable bonds is 1. The minimum atomic E-state index is -0.557. The number of halogens is 1. The number of fused-ring (bicyclic) bond motifs is 1. The van der Waals surface area contributed by atoms with Crippen molar-refractivity contribution in [3.8, 4) is 0 Å². The Balaban J connectivity index is 1.94. The summed E-state index contributed by atoms with van der Waals surface area (Å²) in [6.45, 7) is 2.37. The molecule has 0 spiro atoms. The van der Waals surface area contributed by atoms with E-state index in [1.54, 1.807) is 4.90 Å². The number of hydrogen-bond donors (Lipinski definition) is 1. The molecule has 104 valence electrons. The van der Waals surface area contributed by atoms with Crippen LogP contribution in [-0.4, -0.2) is 28.7 Å². The molecule has 6 heteroatoms. The van der Waals surface area contributed by atoms with Gasteiger partial charge in [0.2, 0.25) is 11.8 Å². The predicted octanol–water partition coefficient (Wildman–Crippen LogP) is 1.52. The van der Waals surface area contributed by atoms with Crippen molar-refractivity contribution in [1.82, 2.24) is 10.2 Å². The molecule has 0 aliphatic carbocycles. The molecule has 0 bridgehead atoms. The van der Waals surface area contributed by atoms with Crippen LogP contribution in [0.1, 0.15) is 34.3 Å². The standard InChI is InChI=1S/C14H13BrN2O3/c1-7-2-3-9(15)12-8(7)6-17(14(12)20)10-4-5-11(18)16-13(10)19/h2-3,10H,4-6H2,1H3,(H,16,18,19). The number of carbonyl (C=O) groups is 3. The van der Waals surface area contributed by atoms with Crippen LogP contribution in [0.2, 0.25) is 0 Å². The molecule has 2 aliphatic heterocycles. The lowest BCUT2D eigenvalue weighted by molar-refractivity contribution is -0.136. The molecule has 1 fully saturated rings. The summed E-state index contributed by atoms with van der Waals surface area (Å²) in [5, 5.41) is 2.30. The molecule has 1 aromatic carbocycles. The Hall–Kier alpha value is -1.69. The first-order valence-corrected chi connectivity index (χ1v) is 7.21. The van der Waals surface area contributed by atoms with E-state index >= 15 is 0 Å². The van der Waals surface area contributed by atoms with E-state index < -0.39 is 6.04 Å². The molecule has 3 amide bonds. The van der Waals surface area contributed by atoms with Gasteiger partial charge in [0.15, 0.2) is 0 Å². The maximum absolute atomic E-state index is 12.5. The lowest BCUT2D eigenvalue weighted by atomic mass is 10.0. The summed E-state index contributed by atoms with van der Waals surface area (Å²) in [6.07, 6.45) is 0.664. The van der Waals surface area contributed by atoms with Gasteiger partial charge in [-0.05, 0) is 46.5 Å². The monoisotopic (exact) mass is 336 g/mol. The molecule has 1 unspecified atom stereocenters. The zero-order valence-electron chi connectivity index (χ0n) is 10.9. The third-order valence-corrected chi connectivity index (χ3v) is 4.55. The van der Waals surface area contributed by atoms with E-state index in [2.05, 4.69) is 21.2 Å². The van der Waals surface area contributed by atoms with E-state index in [0.29, 0.717) is 18.5 Å². The second-order valence-electron chi connectivity index (χ2n) is 5.12. The molecule has 20 heavy (non-hydrogen) atoms. The number of aryl methyl sites for hydroxylation is 1. The molecule has 1 saturated heterocycles. The Bertz CT molecular complexity index is 642. The van der Waals surface area contributed by atoms with Crippen LogP contribution in [0, 0.1) is 6.92 Å². The van der Waals surface area contributed by atoms with Crippen LogP contribution in [0.25, 0.3) is 0 Å². The highest BCUT2D eigenvalue weighted by Gasteiger charge is 2.40. The Morgan fingerprint density at radius 2 is 2.05 bits per heavy atom. The molecule has 2 aliphatic rings. The normalized spacial score (nSPS) is 22.0. The lowest BCUT2D eigenvalue weighted by Gasteiger charge is -2.29. The molecule has 2 heterocycles. The summed E-state index contributed by atoms with van der Waals surface area (Å²) in [5.74, 6) is -0.797. The Morgan fingerprint density at radius 3 is 2.70 bits per heavy atom. The summed E-state index contributed by atoms with van der Waals surface area (Å²) >= 11 is 3.40. The predicted molar refractivity (Wildman–Crippen MR) is 74.9 cm³/mol. The third kappa shape index (κ3) is 1.95. The Kier molecular flexibility index (Phi) is 3.12. The quantitative estimate of drug-likeness (QED) is 0.790. The molecule has 0 aromatic heterocycles. The van der Waals surface area contributed by atoms with Gasteiger partial charge in [-0.1, -0.05) is 6.07 Å². The Morgan fingerprint density at radius 1 is 1.30 bits per heavy atom. The van der Waals surface area contributed by atoms with Crippen molar-refractivity contribution in [2.75, 3.05) is 0 Å². The van der Waals surface area contributed by atoms with Crippen molar-refractivity contribution in [3.63, 3.8) is 0 Å². The highest BCUT2D eigenvalue weighted by molar-refractivity contribution is 9.10. The van der Waals surface area contributed by atoms with E-state index in [0.717, 1.165) is 15.6 Å². The number of imide groups is 1. The molecule has 5 nitrogen and oxygen atoms in total. The van der Waals surface area contributed by atoms with Crippen LogP contribution in [0.3, 0.4) is 0 Å². The first-order valence-electron chi connectivity index (χ1n) is 6.41. The first kappa shape index (κ1) is 13.3. The van der Waals surface area contributed by atoms with E-state index in [9.17, 15) is 14.4 Å². The number of benzene rings is 1. The highest BCUT2D eigenvalue weighted by atomic mass is 79.9. The van der Waals surface area contributed by atoms with Crippen LogP contribution < -0.4 is 5.32 Å². The smallest absolute Gasteiger partial charge is 0.256 e. The summed E-state index contributed by atoms with van der Waals surface area (Å²) in [6, 6.07) is 3.24. The van der Waals surface area contributed by atoms with Gasteiger partial charge in [-0.15, -0.1) is 0 Å². The number of nitrogens with zero attached hydrogens (tertiary/aromatic N) is 1. The second kappa shape index (κ2) is 4.70. The largest absolute Gasteiger partial charge is 0.322 e. The van der Waals surface area contributed by atoms with Crippen molar-refractivity contribution in [2.45, 2.75) is 32.4 Å². The van der Waals surface area contributed by atoms with Gasteiger partial charge in [-0.25, -0.2) is 0 Å². The number of nitrogens with one attached hydrogen (secondary N) is 1. The van der Waals surface area contributed by atoms with E-state index in [-0.39, 0.29) is 24.1 Å². The van der Waals surface area contributed by atoms with Crippen LogP contribution in [0.5, 0.6) is 0 Å². The highest BCUT2D eigenvalue weighted by Crippen LogP contribution is 2.34. The van der Waals surface area contributed by atoms with Gasteiger partial charge in [0.25, 0.3) is 5.91 Å². The van der Waals surface area contributed by atoms with E-state index in [4.69, 9.17) is 0 Å². The molecule has 1 aromatic rings. The van der Waals surface area contributed by atoms with Crippen LogP contribution in [-0.2, 0) is 16.1 Å². The first-order chi connectivity index (χ1) is 9.49. The van der Waals surface area contributed by atoms with Crippen LogP contribution in [0.4, 0.5) is 0 Å². The average Bonchev–Trinajstić information content (AvgIpc) is 2.73. The van der Waals surface area contributed by atoms with Gasteiger partial charge in [0.1, 0.15) is 6.04 Å². The van der Waals surface area contributed by atoms with Crippen molar-refractivity contribution in [2.24, 2.45) is 0 Å². The van der Waals surface area contributed by atoms with E-state index in [1.807, 2.05) is 19.1 Å². The zero-order chi connectivity index (χ0) is 14.4. The van der Waals surface area contributed by atoms with Gasteiger partial charge in [0.05, 0.1) is 5.56 Å². The fourth-order valence-electron chi connectivity index (χ4n) is 2.78. The third-order valence-electron chi connectivity index (χ3n) is 3.89. The molecule has 3 rings (SSSR count). The van der Waals surface area contributed by atoms with E-state index in [1.165, 1.54) is 0 Å². The van der Waals surface area contributed by atoms with Crippen molar-refractivity contribution >= 4 is 33.7 Å². The molecular formula is C14H13BrN2O3. The Labute approximate surface area is 124 Å². The van der Waals surface area contributed by atoms with Crippen molar-refractivity contribution in [3.05, 3.63) is 33.3 Å². The van der Waals surface area contributed by atoms with Gasteiger partial charge >= 0.3 is 0 Å². The van der Waals surface area contributed by atoms with Crippen LogP contribution in [0.15, 0.2) is 16.6 Å². The SMILES string of the molecule is Cc1ccc(Br)c2c1CN(C1CCC(=O)NC1=O)C2=O.